The molecular formula is C35H49FN6O6. The molecule has 2 heterocycles. The Morgan fingerprint density at radius 3 is 2.29 bits per heavy atom. The third kappa shape index (κ3) is 9.19. The first-order valence-electron chi connectivity index (χ1n) is 17.1. The van der Waals surface area contributed by atoms with Crippen LogP contribution in [0.15, 0.2) is 30.5 Å². The number of rotatable bonds is 13. The van der Waals surface area contributed by atoms with Crippen molar-refractivity contribution < 1.29 is 33.5 Å². The summed E-state index contributed by atoms with van der Waals surface area (Å²) in [5.41, 5.74) is 0.742. The highest BCUT2D eigenvalue weighted by Crippen LogP contribution is 2.32. The number of carbonyl (C=O) groups is 5. The minimum Gasteiger partial charge on any atom is -0.481 e. The van der Waals surface area contributed by atoms with Crippen molar-refractivity contribution in [2.75, 3.05) is 18.4 Å². The number of aromatic nitrogens is 2. The second-order valence-corrected chi connectivity index (χ2v) is 13.3. The molecule has 2 aromatic rings. The maximum Gasteiger partial charge on any atom is 0.303 e. The molecule has 1 aliphatic heterocycles. The molecule has 3 atom stereocenters. The molecule has 262 valence electrons. The molecule has 4 rings (SSSR count). The van der Waals surface area contributed by atoms with Gasteiger partial charge < -0.3 is 26.0 Å². The molecule has 1 aromatic heterocycles. The van der Waals surface area contributed by atoms with Crippen LogP contribution >= 0.6 is 0 Å². The largest absolute Gasteiger partial charge is 0.481 e. The van der Waals surface area contributed by atoms with Crippen LogP contribution in [0.3, 0.4) is 0 Å². The van der Waals surface area contributed by atoms with Crippen LogP contribution in [-0.4, -0.2) is 74.6 Å². The maximum absolute atomic E-state index is 15.7. The number of carbonyl (C=O) groups excluding carboxylic acids is 4. The molecule has 4 amide bonds. The van der Waals surface area contributed by atoms with Crippen LogP contribution in [0.5, 0.6) is 0 Å². The van der Waals surface area contributed by atoms with Crippen molar-refractivity contribution in [3.63, 3.8) is 0 Å². The predicted octanol–water partition coefficient (Wildman–Crippen LogP) is 4.32. The van der Waals surface area contributed by atoms with Gasteiger partial charge in [0.15, 0.2) is 0 Å². The van der Waals surface area contributed by atoms with Crippen molar-refractivity contribution in [3.05, 3.63) is 47.5 Å². The number of carboxylic acids is 1. The minimum atomic E-state index is -0.960. The van der Waals surface area contributed by atoms with Gasteiger partial charge in [-0.05, 0) is 74.1 Å². The van der Waals surface area contributed by atoms with E-state index in [0.29, 0.717) is 49.7 Å². The molecule has 2 aliphatic rings. The van der Waals surface area contributed by atoms with Crippen LogP contribution in [0, 0.1) is 23.6 Å². The number of nitrogens with one attached hydrogen (secondary N) is 3. The molecule has 0 bridgehead atoms. The smallest absolute Gasteiger partial charge is 0.303 e. The minimum absolute atomic E-state index is 0.0149. The molecule has 4 N–H and O–H groups in total. The molecule has 0 radical (unpaired) electrons. The van der Waals surface area contributed by atoms with E-state index in [2.05, 4.69) is 28.0 Å². The number of piperidine rings is 1. The van der Waals surface area contributed by atoms with E-state index in [1.54, 1.807) is 35.6 Å². The third-order valence-corrected chi connectivity index (χ3v) is 9.92. The molecule has 1 saturated heterocycles. The van der Waals surface area contributed by atoms with E-state index in [1.807, 2.05) is 6.92 Å². The van der Waals surface area contributed by atoms with E-state index in [9.17, 15) is 24.0 Å². The molecule has 1 aliphatic carbocycles. The average Bonchev–Trinajstić information content (AvgIpc) is 3.56. The van der Waals surface area contributed by atoms with Crippen molar-refractivity contribution in [1.29, 1.82) is 0 Å². The number of carboxylic acid groups (broad SMARTS) is 1. The summed E-state index contributed by atoms with van der Waals surface area (Å²) in [5.74, 6) is -3.35. The number of aliphatic carboxylic acids is 1. The number of anilines is 1. The topological polar surface area (TPSA) is 163 Å². The maximum atomic E-state index is 15.7. The summed E-state index contributed by atoms with van der Waals surface area (Å²) in [5, 5.41) is 21.7. The fraction of sp³-hybridized carbons (Fsp3) is 0.600. The summed E-state index contributed by atoms with van der Waals surface area (Å²) in [4.78, 5) is 65.8. The predicted molar refractivity (Wildman–Crippen MR) is 178 cm³/mol. The van der Waals surface area contributed by atoms with Crippen molar-refractivity contribution in [2.24, 2.45) is 17.8 Å². The number of amides is 4. The van der Waals surface area contributed by atoms with Gasteiger partial charge in [0.2, 0.25) is 17.7 Å². The van der Waals surface area contributed by atoms with Gasteiger partial charge in [-0.25, -0.2) is 4.39 Å². The number of hydrogen-bond acceptors (Lipinski definition) is 6. The molecule has 0 spiro atoms. The van der Waals surface area contributed by atoms with Crippen LogP contribution in [0.2, 0.25) is 0 Å². The molecule has 48 heavy (non-hydrogen) atoms. The summed E-state index contributed by atoms with van der Waals surface area (Å²) >= 11 is 0. The molecule has 2 fully saturated rings. The zero-order valence-electron chi connectivity index (χ0n) is 28.3. The molecule has 0 unspecified atom stereocenters. The lowest BCUT2D eigenvalue weighted by molar-refractivity contribution is -0.140. The van der Waals surface area contributed by atoms with Crippen LogP contribution in [0.4, 0.5) is 10.1 Å². The normalized spacial score (nSPS) is 20.3. The first-order valence-corrected chi connectivity index (χ1v) is 17.1. The van der Waals surface area contributed by atoms with Gasteiger partial charge in [-0.1, -0.05) is 39.7 Å². The van der Waals surface area contributed by atoms with Crippen LogP contribution in [0.25, 0.3) is 0 Å². The van der Waals surface area contributed by atoms with Crippen LogP contribution < -0.4 is 16.0 Å². The third-order valence-electron chi connectivity index (χ3n) is 9.92. The quantitative estimate of drug-likeness (QED) is 0.247. The molecule has 12 nitrogen and oxygen atoms in total. The fourth-order valence-corrected chi connectivity index (χ4v) is 6.81. The summed E-state index contributed by atoms with van der Waals surface area (Å²) in [6.45, 7) is 8.68. The van der Waals surface area contributed by atoms with Gasteiger partial charge in [0.05, 0.1) is 5.69 Å². The van der Waals surface area contributed by atoms with E-state index < -0.39 is 41.6 Å². The van der Waals surface area contributed by atoms with Crippen molar-refractivity contribution in [3.8, 4) is 0 Å². The Hall–Kier alpha value is -4.29. The number of nitrogens with zero attached hydrogens (tertiary/aromatic N) is 3. The Balaban J connectivity index is 1.50. The van der Waals surface area contributed by atoms with Crippen molar-refractivity contribution in [2.45, 2.75) is 104 Å². The van der Waals surface area contributed by atoms with Gasteiger partial charge >= 0.3 is 5.97 Å². The number of likely N-dealkylation sites (tertiary alicyclic amines) is 1. The Morgan fingerprint density at radius 1 is 1.00 bits per heavy atom. The van der Waals surface area contributed by atoms with E-state index in [0.717, 1.165) is 25.7 Å². The number of aryl methyl sites for hydroxylation is 1. The Bertz CT molecular complexity index is 1460. The molecule has 1 saturated carbocycles. The van der Waals surface area contributed by atoms with E-state index in [4.69, 9.17) is 5.11 Å². The van der Waals surface area contributed by atoms with Gasteiger partial charge in [-0.15, -0.1) is 0 Å². The number of benzene rings is 1. The van der Waals surface area contributed by atoms with Gasteiger partial charge in [-0.2, -0.15) is 5.10 Å². The second-order valence-electron chi connectivity index (χ2n) is 13.3. The Morgan fingerprint density at radius 2 is 1.69 bits per heavy atom. The first kappa shape index (κ1) is 36.5. The lowest BCUT2D eigenvalue weighted by atomic mass is 9.79. The summed E-state index contributed by atoms with van der Waals surface area (Å²) in [6, 6.07) is 4.07. The van der Waals surface area contributed by atoms with Crippen molar-refractivity contribution in [1.82, 2.24) is 25.3 Å². The van der Waals surface area contributed by atoms with Crippen molar-refractivity contribution >= 4 is 35.3 Å². The second kappa shape index (κ2) is 16.7. The highest BCUT2D eigenvalue weighted by Gasteiger charge is 2.36. The zero-order valence-corrected chi connectivity index (χ0v) is 28.3. The van der Waals surface area contributed by atoms with E-state index in [-0.39, 0.29) is 42.2 Å². The summed E-state index contributed by atoms with van der Waals surface area (Å²) in [7, 11) is 0. The monoisotopic (exact) mass is 668 g/mol. The lowest BCUT2D eigenvalue weighted by Gasteiger charge is -2.35. The molecule has 1 aromatic carbocycles. The lowest BCUT2D eigenvalue weighted by Crippen LogP contribution is -2.52. The number of hydrogen-bond donors (Lipinski definition) is 4. The van der Waals surface area contributed by atoms with Gasteiger partial charge in [-0.3, -0.25) is 28.7 Å². The molecular weight excluding hydrogens is 619 g/mol. The fourth-order valence-electron chi connectivity index (χ4n) is 6.81. The highest BCUT2D eigenvalue weighted by atomic mass is 19.1. The summed E-state index contributed by atoms with van der Waals surface area (Å²) in [6.07, 6.45) is 6.19. The highest BCUT2D eigenvalue weighted by molar-refractivity contribution is 6.00. The summed E-state index contributed by atoms with van der Waals surface area (Å²) < 4.78 is 17.2. The molecule has 13 heteroatoms. The first-order chi connectivity index (χ1) is 22.9. The SMILES string of the molecule is CCC(=O)N[C@@H](C(=O)N1CCC(CC(=O)O)CC1)[C@@H](C)c1ccc(NC(=O)[C@@H](NC(=O)c2ccnn2CC)[C@H]2CC[C@H](C)CC2)c(F)c1. The van der Waals surface area contributed by atoms with Gasteiger partial charge in [0.1, 0.15) is 23.6 Å². The van der Waals surface area contributed by atoms with Gasteiger partial charge in [0, 0.05) is 44.6 Å². The zero-order chi connectivity index (χ0) is 35.0. The van der Waals surface area contributed by atoms with E-state index in [1.165, 1.54) is 18.3 Å². The van der Waals surface area contributed by atoms with Crippen LogP contribution in [0.1, 0.15) is 101 Å². The standard InChI is InChI=1S/C35H49FN6O6/c1-5-29(43)39-31(35(48)41-17-14-23(15-18-41)19-30(44)45)22(4)25-11-12-27(26(36)20-25)38-34(47)32(24-9-7-21(3)8-10-24)40-33(46)28-13-16-37-42(28)6-2/h11-13,16,20-24,31-32H,5-10,14-15,17-19H2,1-4H3,(H,38,47)(H,39,43)(H,40,46)(H,44,45)/t21-,22-,24-,31+,32-/m0/s1. The average molecular weight is 669 g/mol. The number of halogens is 1. The Labute approximate surface area is 281 Å². The van der Waals surface area contributed by atoms with Crippen LogP contribution in [-0.2, 0) is 25.7 Å². The van der Waals surface area contributed by atoms with E-state index >= 15 is 4.39 Å². The van der Waals surface area contributed by atoms with Gasteiger partial charge in [0.25, 0.3) is 5.91 Å². The Kier molecular flexibility index (Phi) is 12.7.